The van der Waals surface area contributed by atoms with Gasteiger partial charge in [-0.15, -0.1) is 0 Å². The average Bonchev–Trinajstić information content (AvgIpc) is 3.80. The Morgan fingerprint density at radius 2 is 1.00 bits per heavy atom. The van der Waals surface area contributed by atoms with E-state index in [1.54, 1.807) is 0 Å². The molecule has 7 aromatic carbocycles. The number of aromatic nitrogens is 4. The molecule has 0 bridgehead atoms. The number of hydrogen-bond acceptors (Lipinski definition) is 2. The lowest BCUT2D eigenvalue weighted by molar-refractivity contribution is 0.661. The van der Waals surface area contributed by atoms with Crippen LogP contribution in [0.4, 0.5) is 0 Å². The predicted octanol–water partition coefficient (Wildman–Crippen LogP) is 12.3. The lowest BCUT2D eigenvalue weighted by Crippen LogP contribution is -2.14. The fourth-order valence-corrected chi connectivity index (χ4v) is 8.81. The first-order valence-corrected chi connectivity index (χ1v) is 18.3. The largest absolute Gasteiger partial charge is 0.309 e. The molecule has 0 N–H and O–H groups in total. The number of para-hydroxylation sites is 3. The molecule has 11 rings (SSSR count). The molecule has 53 heavy (non-hydrogen) atoms. The Bertz CT molecular complexity index is 3020. The van der Waals surface area contributed by atoms with Crippen LogP contribution in [0.15, 0.2) is 170 Å². The SMILES string of the molecule is CC1(C)c2ccccc2-c2cc3c4ccccc4n(-c4ccc(-c5cc(-n6c7ccccc7c7ccccc76)nc(-c6ccccc6)n5)cc4)c3cc21. The summed E-state index contributed by atoms with van der Waals surface area (Å²) in [6, 6.07) is 60.9. The zero-order valence-electron chi connectivity index (χ0n) is 29.5. The van der Waals surface area contributed by atoms with E-state index >= 15 is 0 Å². The van der Waals surface area contributed by atoms with Crippen molar-refractivity contribution >= 4 is 43.6 Å². The maximum Gasteiger partial charge on any atom is 0.162 e. The topological polar surface area (TPSA) is 35.6 Å². The van der Waals surface area contributed by atoms with Crippen LogP contribution in [-0.2, 0) is 5.41 Å². The molecule has 3 heterocycles. The zero-order chi connectivity index (χ0) is 35.3. The first-order valence-electron chi connectivity index (χ1n) is 18.3. The molecular weight excluding hydrogens is 645 g/mol. The van der Waals surface area contributed by atoms with Gasteiger partial charge in [0.05, 0.1) is 27.8 Å². The van der Waals surface area contributed by atoms with Gasteiger partial charge in [-0.3, -0.25) is 4.57 Å². The summed E-state index contributed by atoms with van der Waals surface area (Å²) in [5.74, 6) is 1.54. The first-order chi connectivity index (χ1) is 26.0. The summed E-state index contributed by atoms with van der Waals surface area (Å²) < 4.78 is 4.69. The van der Waals surface area contributed by atoms with Gasteiger partial charge in [-0.05, 0) is 64.7 Å². The van der Waals surface area contributed by atoms with Crippen molar-refractivity contribution in [3.63, 3.8) is 0 Å². The highest BCUT2D eigenvalue weighted by Crippen LogP contribution is 2.51. The summed E-state index contributed by atoms with van der Waals surface area (Å²) in [5, 5.41) is 4.95. The molecule has 0 radical (unpaired) electrons. The summed E-state index contributed by atoms with van der Waals surface area (Å²) in [4.78, 5) is 10.4. The van der Waals surface area contributed by atoms with Gasteiger partial charge in [-0.2, -0.15) is 0 Å². The van der Waals surface area contributed by atoms with Crippen LogP contribution in [-0.4, -0.2) is 19.1 Å². The predicted molar refractivity (Wildman–Crippen MR) is 219 cm³/mol. The molecule has 4 heteroatoms. The van der Waals surface area contributed by atoms with E-state index in [-0.39, 0.29) is 5.41 Å². The summed E-state index contributed by atoms with van der Waals surface area (Å²) in [7, 11) is 0. The maximum atomic E-state index is 5.20. The number of hydrogen-bond donors (Lipinski definition) is 0. The zero-order valence-corrected chi connectivity index (χ0v) is 29.5. The second-order valence-corrected chi connectivity index (χ2v) is 14.7. The fraction of sp³-hybridized carbons (Fsp3) is 0.0612. The van der Waals surface area contributed by atoms with Crippen LogP contribution in [0.1, 0.15) is 25.0 Å². The maximum absolute atomic E-state index is 5.20. The Balaban J connectivity index is 1.09. The van der Waals surface area contributed by atoms with Gasteiger partial charge in [0.25, 0.3) is 0 Å². The highest BCUT2D eigenvalue weighted by Gasteiger charge is 2.36. The van der Waals surface area contributed by atoms with Gasteiger partial charge in [-0.1, -0.05) is 135 Å². The summed E-state index contributed by atoms with van der Waals surface area (Å²) in [6.07, 6.45) is 0. The molecule has 4 nitrogen and oxygen atoms in total. The van der Waals surface area contributed by atoms with Crippen molar-refractivity contribution in [3.05, 3.63) is 181 Å². The normalized spacial score (nSPS) is 13.2. The molecule has 0 atom stereocenters. The molecule has 0 unspecified atom stereocenters. The van der Waals surface area contributed by atoms with Crippen LogP contribution in [0.25, 0.3) is 88.9 Å². The van der Waals surface area contributed by atoms with Crippen LogP contribution < -0.4 is 0 Å². The summed E-state index contributed by atoms with van der Waals surface area (Å²) in [6.45, 7) is 4.70. The third-order valence-corrected chi connectivity index (χ3v) is 11.4. The Labute approximate surface area is 307 Å². The van der Waals surface area contributed by atoms with Crippen molar-refractivity contribution in [1.82, 2.24) is 19.1 Å². The Morgan fingerprint density at radius 3 is 1.70 bits per heavy atom. The van der Waals surface area contributed by atoms with E-state index in [0.717, 1.165) is 39.4 Å². The molecule has 1 aliphatic carbocycles. The summed E-state index contributed by atoms with van der Waals surface area (Å²) in [5.41, 5.74) is 14.1. The molecule has 0 saturated heterocycles. The van der Waals surface area contributed by atoms with Gasteiger partial charge < -0.3 is 4.57 Å². The van der Waals surface area contributed by atoms with Crippen LogP contribution in [0, 0.1) is 0 Å². The van der Waals surface area contributed by atoms with Crippen molar-refractivity contribution in [2.75, 3.05) is 0 Å². The molecule has 0 spiro atoms. The smallest absolute Gasteiger partial charge is 0.162 e. The molecule has 250 valence electrons. The van der Waals surface area contributed by atoms with E-state index in [1.165, 1.54) is 54.8 Å². The highest BCUT2D eigenvalue weighted by atomic mass is 15.1. The minimum absolute atomic E-state index is 0.0805. The molecule has 0 amide bonds. The third kappa shape index (κ3) is 4.36. The quantitative estimate of drug-likeness (QED) is 0.186. The van der Waals surface area contributed by atoms with Gasteiger partial charge in [0.2, 0.25) is 0 Å². The minimum atomic E-state index is -0.0805. The van der Waals surface area contributed by atoms with Crippen molar-refractivity contribution < 1.29 is 0 Å². The van der Waals surface area contributed by atoms with Crippen molar-refractivity contribution in [3.8, 4) is 45.3 Å². The highest BCUT2D eigenvalue weighted by molar-refractivity contribution is 6.12. The molecular formula is C49H34N4. The van der Waals surface area contributed by atoms with Gasteiger partial charge in [-0.25, -0.2) is 9.97 Å². The Hall–Kier alpha value is -6.78. The van der Waals surface area contributed by atoms with E-state index < -0.39 is 0 Å². The Morgan fingerprint density at radius 1 is 0.415 bits per heavy atom. The lowest BCUT2D eigenvalue weighted by Gasteiger charge is -2.21. The molecule has 0 fully saturated rings. The second kappa shape index (κ2) is 11.1. The molecule has 3 aromatic heterocycles. The van der Waals surface area contributed by atoms with Crippen LogP contribution in [0.2, 0.25) is 0 Å². The summed E-state index contributed by atoms with van der Waals surface area (Å²) >= 11 is 0. The second-order valence-electron chi connectivity index (χ2n) is 14.7. The van der Waals surface area contributed by atoms with E-state index in [2.05, 4.69) is 175 Å². The number of nitrogens with zero attached hydrogens (tertiary/aromatic N) is 4. The van der Waals surface area contributed by atoms with Crippen molar-refractivity contribution in [1.29, 1.82) is 0 Å². The van der Waals surface area contributed by atoms with Gasteiger partial charge in [0.15, 0.2) is 5.82 Å². The lowest BCUT2D eigenvalue weighted by atomic mass is 9.82. The van der Waals surface area contributed by atoms with E-state index in [4.69, 9.17) is 9.97 Å². The monoisotopic (exact) mass is 678 g/mol. The third-order valence-electron chi connectivity index (χ3n) is 11.4. The van der Waals surface area contributed by atoms with Crippen LogP contribution >= 0.6 is 0 Å². The van der Waals surface area contributed by atoms with E-state index in [0.29, 0.717) is 5.82 Å². The van der Waals surface area contributed by atoms with E-state index in [1.807, 2.05) is 18.2 Å². The Kier molecular flexibility index (Phi) is 6.27. The van der Waals surface area contributed by atoms with Gasteiger partial charge in [0, 0.05) is 49.8 Å². The van der Waals surface area contributed by atoms with Crippen molar-refractivity contribution in [2.24, 2.45) is 0 Å². The molecule has 1 aliphatic rings. The average molecular weight is 679 g/mol. The van der Waals surface area contributed by atoms with Gasteiger partial charge >= 0.3 is 0 Å². The standard InChI is InChI=1S/C49H34N4/c1-49(2)40-20-10-6-16-34(40)38-28-39-37-19-9-11-21-43(37)52(46(39)29-41(38)49)33-26-24-31(25-27-33)42-30-47(51-48(50-42)32-14-4-3-5-15-32)53-44-22-12-7-17-35(44)36-18-8-13-23-45(36)53/h3-30H,1-2H3. The number of benzene rings is 7. The van der Waals surface area contributed by atoms with Crippen LogP contribution in [0.5, 0.6) is 0 Å². The van der Waals surface area contributed by atoms with Crippen LogP contribution in [0.3, 0.4) is 0 Å². The number of fused-ring (bicyclic) bond motifs is 9. The van der Waals surface area contributed by atoms with Crippen molar-refractivity contribution in [2.45, 2.75) is 19.3 Å². The molecule has 0 aliphatic heterocycles. The number of rotatable bonds is 4. The first kappa shape index (κ1) is 29.9. The van der Waals surface area contributed by atoms with E-state index in [9.17, 15) is 0 Å². The molecule has 10 aromatic rings. The minimum Gasteiger partial charge on any atom is -0.309 e. The van der Waals surface area contributed by atoms with Gasteiger partial charge in [0.1, 0.15) is 5.82 Å². The fourth-order valence-electron chi connectivity index (χ4n) is 8.81. The molecule has 0 saturated carbocycles.